The van der Waals surface area contributed by atoms with Crippen LogP contribution in [0.5, 0.6) is 0 Å². The number of nitrogens with one attached hydrogen (secondary N) is 1. The van der Waals surface area contributed by atoms with Crippen LogP contribution in [0.3, 0.4) is 0 Å². The van der Waals surface area contributed by atoms with E-state index in [0.717, 1.165) is 60.6 Å². The fourth-order valence-corrected chi connectivity index (χ4v) is 3.88. The van der Waals surface area contributed by atoms with Crippen LogP contribution in [-0.4, -0.2) is 48.7 Å². The van der Waals surface area contributed by atoms with E-state index in [1.807, 2.05) is 38.1 Å². The number of carbonyl (C=O) groups excluding carboxylic acids is 1. The molecule has 0 saturated carbocycles. The molecule has 2 heterocycles. The van der Waals surface area contributed by atoms with E-state index in [1.54, 1.807) is 12.1 Å². The maximum atomic E-state index is 13.8. The molecule has 1 aromatic heterocycles. The van der Waals surface area contributed by atoms with Gasteiger partial charge in [0.05, 0.1) is 5.39 Å². The smallest absolute Gasteiger partial charge is 0.248 e. The molecular weight excluding hydrogens is 395 g/mol. The Kier molecular flexibility index (Phi) is 6.32. The molecule has 1 aliphatic rings. The average Bonchev–Trinajstić information content (AvgIpc) is 3.18. The van der Waals surface area contributed by atoms with Gasteiger partial charge in [-0.2, -0.15) is 0 Å². The summed E-state index contributed by atoms with van der Waals surface area (Å²) < 4.78 is 19.3. The maximum Gasteiger partial charge on any atom is 0.248 e. The highest BCUT2D eigenvalue weighted by Gasteiger charge is 2.21. The molecule has 0 unspecified atom stereocenters. The summed E-state index contributed by atoms with van der Waals surface area (Å²) in [7, 11) is 0. The van der Waals surface area contributed by atoms with Crippen molar-refractivity contribution in [2.45, 2.75) is 20.3 Å². The van der Waals surface area contributed by atoms with E-state index >= 15 is 0 Å². The van der Waals surface area contributed by atoms with Crippen LogP contribution in [0.15, 0.2) is 58.6 Å². The summed E-state index contributed by atoms with van der Waals surface area (Å²) in [4.78, 5) is 16.7. The minimum atomic E-state index is -0.294. The molecule has 6 nitrogen and oxygen atoms in total. The third-order valence-electron chi connectivity index (χ3n) is 5.47. The molecule has 1 amide bonds. The molecule has 1 saturated heterocycles. The van der Waals surface area contributed by atoms with Gasteiger partial charge in [-0.05, 0) is 56.2 Å². The lowest BCUT2D eigenvalue weighted by Gasteiger charge is -2.34. The van der Waals surface area contributed by atoms with Crippen molar-refractivity contribution in [2.24, 2.45) is 0 Å². The van der Waals surface area contributed by atoms with Gasteiger partial charge in [0.25, 0.3) is 0 Å². The number of fused-ring (bicyclic) bond motifs is 1. The highest BCUT2D eigenvalue weighted by Crippen LogP contribution is 2.26. The highest BCUT2D eigenvalue weighted by atomic mass is 19.1. The first kappa shape index (κ1) is 21.1. The van der Waals surface area contributed by atoms with Crippen LogP contribution < -0.4 is 10.2 Å². The first-order chi connectivity index (χ1) is 15.0. The van der Waals surface area contributed by atoms with Crippen molar-refractivity contribution in [2.75, 3.05) is 42.9 Å². The molecule has 31 heavy (non-hydrogen) atoms. The second-order valence-corrected chi connectivity index (χ2v) is 8.09. The number of halogens is 1. The standard InChI is InChI=1S/C24H27FN4O2/c1-17(2)15-23(30)26-21-8-7-19(25)16-18(21)9-10-28-11-13-29(14-12-28)24-20-5-3-4-6-22(20)31-27-24/h3-8,15-16H,9-14H2,1-2H3,(H,26,30). The molecule has 0 spiro atoms. The zero-order chi connectivity index (χ0) is 21.8. The van der Waals surface area contributed by atoms with Gasteiger partial charge in [0, 0.05) is 44.5 Å². The van der Waals surface area contributed by atoms with Gasteiger partial charge in [-0.25, -0.2) is 4.39 Å². The monoisotopic (exact) mass is 422 g/mol. The number of hydrogen-bond acceptors (Lipinski definition) is 5. The van der Waals surface area contributed by atoms with Crippen LogP contribution in [-0.2, 0) is 11.2 Å². The normalized spacial score (nSPS) is 14.6. The first-order valence-electron chi connectivity index (χ1n) is 10.6. The summed E-state index contributed by atoms with van der Waals surface area (Å²) in [6.07, 6.45) is 2.20. The fraction of sp³-hybridized carbons (Fsp3) is 0.333. The second-order valence-electron chi connectivity index (χ2n) is 8.09. The van der Waals surface area contributed by atoms with E-state index in [1.165, 1.54) is 12.1 Å². The SMILES string of the molecule is CC(C)=CC(=O)Nc1ccc(F)cc1CCN1CCN(c2noc3ccccc23)CC1. The summed E-state index contributed by atoms with van der Waals surface area (Å²) in [5.74, 6) is 0.406. The number of aromatic nitrogens is 1. The molecule has 3 aromatic rings. The zero-order valence-electron chi connectivity index (χ0n) is 17.9. The van der Waals surface area contributed by atoms with Crippen molar-refractivity contribution in [3.63, 3.8) is 0 Å². The predicted molar refractivity (Wildman–Crippen MR) is 121 cm³/mol. The van der Waals surface area contributed by atoms with E-state index in [0.29, 0.717) is 12.1 Å². The molecule has 0 aliphatic carbocycles. The highest BCUT2D eigenvalue weighted by molar-refractivity contribution is 6.00. The van der Waals surface area contributed by atoms with E-state index < -0.39 is 0 Å². The number of allylic oxidation sites excluding steroid dienone is 1. The number of amides is 1. The van der Waals surface area contributed by atoms with E-state index in [9.17, 15) is 9.18 Å². The van der Waals surface area contributed by atoms with Crippen LogP contribution in [0.2, 0.25) is 0 Å². The van der Waals surface area contributed by atoms with Gasteiger partial charge in [0.15, 0.2) is 11.4 Å². The number of anilines is 2. The molecule has 162 valence electrons. The third kappa shape index (κ3) is 5.11. The number of carbonyl (C=O) groups is 1. The fourth-order valence-electron chi connectivity index (χ4n) is 3.88. The Labute approximate surface area is 181 Å². The van der Waals surface area contributed by atoms with Crippen molar-refractivity contribution in [1.29, 1.82) is 0 Å². The average molecular weight is 423 g/mol. The van der Waals surface area contributed by atoms with Gasteiger partial charge in [-0.15, -0.1) is 0 Å². The largest absolute Gasteiger partial charge is 0.354 e. The third-order valence-corrected chi connectivity index (χ3v) is 5.47. The molecule has 7 heteroatoms. The van der Waals surface area contributed by atoms with Crippen LogP contribution in [0.4, 0.5) is 15.9 Å². The second kappa shape index (κ2) is 9.31. The van der Waals surface area contributed by atoms with Gasteiger partial charge in [0.2, 0.25) is 5.91 Å². The quantitative estimate of drug-likeness (QED) is 0.602. The van der Waals surface area contributed by atoms with Crippen molar-refractivity contribution >= 4 is 28.4 Å². The molecule has 0 radical (unpaired) electrons. The Morgan fingerprint density at radius 1 is 1.16 bits per heavy atom. The van der Waals surface area contributed by atoms with Gasteiger partial charge in [-0.1, -0.05) is 22.9 Å². The van der Waals surface area contributed by atoms with Crippen LogP contribution in [0, 0.1) is 5.82 Å². The molecule has 1 aliphatic heterocycles. The van der Waals surface area contributed by atoms with E-state index in [-0.39, 0.29) is 11.7 Å². The Balaban J connectivity index is 1.36. The summed E-state index contributed by atoms with van der Waals surface area (Å²) in [6, 6.07) is 12.4. The number of benzene rings is 2. The Hall–Kier alpha value is -3.19. The maximum absolute atomic E-state index is 13.8. The van der Waals surface area contributed by atoms with Gasteiger partial charge < -0.3 is 14.7 Å². The lowest BCUT2D eigenvalue weighted by atomic mass is 10.1. The van der Waals surface area contributed by atoms with Crippen molar-refractivity contribution in [1.82, 2.24) is 10.1 Å². The van der Waals surface area contributed by atoms with E-state index in [4.69, 9.17) is 4.52 Å². The molecule has 4 rings (SSSR count). The molecule has 1 N–H and O–H groups in total. The predicted octanol–water partition coefficient (Wildman–Crippen LogP) is 4.24. The minimum Gasteiger partial charge on any atom is -0.354 e. The number of hydrogen-bond donors (Lipinski definition) is 1. The Bertz CT molecular complexity index is 1100. The first-order valence-corrected chi connectivity index (χ1v) is 10.6. The number of nitrogens with zero attached hydrogens (tertiary/aromatic N) is 3. The zero-order valence-corrected chi connectivity index (χ0v) is 17.9. The summed E-state index contributed by atoms with van der Waals surface area (Å²) in [5.41, 5.74) is 3.18. The van der Waals surface area contributed by atoms with Crippen LogP contribution >= 0.6 is 0 Å². The lowest BCUT2D eigenvalue weighted by Crippen LogP contribution is -2.47. The van der Waals surface area contributed by atoms with Crippen molar-refractivity contribution in [3.8, 4) is 0 Å². The number of para-hydroxylation sites is 1. The number of piperazine rings is 1. The van der Waals surface area contributed by atoms with Gasteiger partial charge >= 0.3 is 0 Å². The van der Waals surface area contributed by atoms with E-state index in [2.05, 4.69) is 20.3 Å². The Morgan fingerprint density at radius 2 is 1.94 bits per heavy atom. The summed E-state index contributed by atoms with van der Waals surface area (Å²) >= 11 is 0. The summed E-state index contributed by atoms with van der Waals surface area (Å²) in [6.45, 7) is 8.00. The van der Waals surface area contributed by atoms with Crippen molar-refractivity contribution in [3.05, 3.63) is 65.5 Å². The van der Waals surface area contributed by atoms with Crippen LogP contribution in [0.25, 0.3) is 11.0 Å². The molecule has 0 bridgehead atoms. The molecule has 2 aromatic carbocycles. The summed E-state index contributed by atoms with van der Waals surface area (Å²) in [5, 5.41) is 8.16. The minimum absolute atomic E-state index is 0.193. The molecule has 0 atom stereocenters. The lowest BCUT2D eigenvalue weighted by molar-refractivity contribution is -0.112. The molecular formula is C24H27FN4O2. The number of rotatable bonds is 6. The van der Waals surface area contributed by atoms with Crippen molar-refractivity contribution < 1.29 is 13.7 Å². The topological polar surface area (TPSA) is 61.6 Å². The molecule has 1 fully saturated rings. The van der Waals surface area contributed by atoms with Crippen LogP contribution in [0.1, 0.15) is 19.4 Å². The Morgan fingerprint density at radius 3 is 2.71 bits per heavy atom. The van der Waals surface area contributed by atoms with Gasteiger partial charge in [0.1, 0.15) is 5.82 Å². The van der Waals surface area contributed by atoms with Gasteiger partial charge in [-0.3, -0.25) is 9.69 Å².